The van der Waals surface area contributed by atoms with Crippen molar-refractivity contribution in [2.45, 2.75) is 13.0 Å². The summed E-state index contributed by atoms with van der Waals surface area (Å²) in [5.41, 5.74) is 4.27. The third-order valence-corrected chi connectivity index (χ3v) is 5.77. The van der Waals surface area contributed by atoms with Crippen LogP contribution in [0, 0.1) is 6.92 Å². The number of amides is 1. The van der Waals surface area contributed by atoms with Crippen LogP contribution in [0.15, 0.2) is 72.9 Å². The summed E-state index contributed by atoms with van der Waals surface area (Å²) < 4.78 is 0. The molecule has 3 aromatic rings. The van der Waals surface area contributed by atoms with E-state index in [1.54, 1.807) is 18.3 Å². The molecule has 2 heterocycles. The maximum absolute atomic E-state index is 12.9. The number of aryl methyl sites for hydroxylation is 1. The predicted molar refractivity (Wildman–Crippen MR) is 116 cm³/mol. The number of hydrogen-bond donors (Lipinski definition) is 0. The molecule has 0 bridgehead atoms. The Hall–Kier alpha value is -2.69. The molecule has 1 amide bonds. The molecule has 1 fully saturated rings. The summed E-state index contributed by atoms with van der Waals surface area (Å²) in [6, 6.07) is 23.0. The number of pyridine rings is 1. The standard InChI is InChI=1S/C24H24ClN3O/c1-18-9-11-20(12-10-18)22(19-6-3-2-4-7-19)27-14-16-28(17-15-27)24(29)21-8-5-13-26-23(21)25/h2-13,22H,14-17H2,1H3/t22-/m1/s1. The number of carbonyl (C=O) groups is 1. The molecule has 0 aliphatic carbocycles. The third-order valence-electron chi connectivity index (χ3n) is 5.46. The lowest BCUT2D eigenvalue weighted by molar-refractivity contribution is 0.0597. The zero-order chi connectivity index (χ0) is 20.2. The van der Waals surface area contributed by atoms with E-state index in [9.17, 15) is 4.79 Å². The van der Waals surface area contributed by atoms with Crippen molar-refractivity contribution in [2.75, 3.05) is 26.2 Å². The zero-order valence-electron chi connectivity index (χ0n) is 16.5. The van der Waals surface area contributed by atoms with Crippen LogP contribution in [0.1, 0.15) is 33.1 Å². The highest BCUT2D eigenvalue weighted by Crippen LogP contribution is 2.30. The van der Waals surface area contributed by atoms with Gasteiger partial charge in [-0.15, -0.1) is 0 Å². The van der Waals surface area contributed by atoms with Crippen LogP contribution in [0.2, 0.25) is 5.15 Å². The number of carbonyl (C=O) groups excluding carboxylic acids is 1. The van der Waals surface area contributed by atoms with Crippen LogP contribution in [-0.4, -0.2) is 46.9 Å². The summed E-state index contributed by atoms with van der Waals surface area (Å²) in [7, 11) is 0. The molecule has 1 atom stereocenters. The fourth-order valence-electron chi connectivity index (χ4n) is 3.90. The molecule has 0 saturated carbocycles. The maximum Gasteiger partial charge on any atom is 0.257 e. The van der Waals surface area contributed by atoms with Gasteiger partial charge in [-0.05, 0) is 30.2 Å². The highest BCUT2D eigenvalue weighted by molar-refractivity contribution is 6.32. The lowest BCUT2D eigenvalue weighted by atomic mass is 9.95. The molecule has 2 aromatic carbocycles. The van der Waals surface area contributed by atoms with Gasteiger partial charge in [-0.1, -0.05) is 71.8 Å². The highest BCUT2D eigenvalue weighted by Gasteiger charge is 2.29. The lowest BCUT2D eigenvalue weighted by Gasteiger charge is -2.40. The number of rotatable bonds is 4. The van der Waals surface area contributed by atoms with Crippen molar-refractivity contribution >= 4 is 17.5 Å². The van der Waals surface area contributed by atoms with Crippen molar-refractivity contribution in [3.8, 4) is 0 Å². The molecule has 0 N–H and O–H groups in total. The van der Waals surface area contributed by atoms with Crippen molar-refractivity contribution in [1.82, 2.24) is 14.8 Å². The van der Waals surface area contributed by atoms with Gasteiger partial charge in [-0.3, -0.25) is 9.69 Å². The highest BCUT2D eigenvalue weighted by atomic mass is 35.5. The molecule has 29 heavy (non-hydrogen) atoms. The smallest absolute Gasteiger partial charge is 0.257 e. The minimum Gasteiger partial charge on any atom is -0.336 e. The van der Waals surface area contributed by atoms with Gasteiger partial charge in [0, 0.05) is 32.4 Å². The van der Waals surface area contributed by atoms with Crippen LogP contribution in [0.5, 0.6) is 0 Å². The van der Waals surface area contributed by atoms with E-state index in [2.05, 4.69) is 65.3 Å². The largest absolute Gasteiger partial charge is 0.336 e. The average Bonchev–Trinajstić information content (AvgIpc) is 2.76. The Balaban J connectivity index is 1.53. The topological polar surface area (TPSA) is 36.4 Å². The van der Waals surface area contributed by atoms with E-state index < -0.39 is 0 Å². The summed E-state index contributed by atoms with van der Waals surface area (Å²) in [6.45, 7) is 5.04. The number of piperazine rings is 1. The van der Waals surface area contributed by atoms with Gasteiger partial charge in [0.2, 0.25) is 0 Å². The van der Waals surface area contributed by atoms with Crippen molar-refractivity contribution < 1.29 is 4.79 Å². The number of hydrogen-bond acceptors (Lipinski definition) is 3. The van der Waals surface area contributed by atoms with E-state index in [1.165, 1.54) is 16.7 Å². The van der Waals surface area contributed by atoms with Crippen LogP contribution >= 0.6 is 11.6 Å². The molecular formula is C24H24ClN3O. The van der Waals surface area contributed by atoms with E-state index in [-0.39, 0.29) is 17.1 Å². The van der Waals surface area contributed by atoms with Gasteiger partial charge in [-0.2, -0.15) is 0 Å². The first kappa shape index (κ1) is 19.6. The van der Waals surface area contributed by atoms with Crippen LogP contribution in [-0.2, 0) is 0 Å². The summed E-state index contributed by atoms with van der Waals surface area (Å²) in [4.78, 5) is 21.2. The molecule has 0 radical (unpaired) electrons. The Morgan fingerprint density at radius 3 is 2.21 bits per heavy atom. The van der Waals surface area contributed by atoms with Crippen LogP contribution in [0.25, 0.3) is 0 Å². The lowest BCUT2D eigenvalue weighted by Crippen LogP contribution is -2.50. The van der Waals surface area contributed by atoms with Gasteiger partial charge in [0.1, 0.15) is 5.15 Å². The van der Waals surface area contributed by atoms with Gasteiger partial charge < -0.3 is 4.90 Å². The predicted octanol–water partition coefficient (Wildman–Crippen LogP) is 4.59. The Morgan fingerprint density at radius 1 is 0.897 bits per heavy atom. The Kier molecular flexibility index (Phi) is 5.93. The van der Waals surface area contributed by atoms with Crippen LogP contribution in [0.3, 0.4) is 0 Å². The molecule has 1 aromatic heterocycles. The van der Waals surface area contributed by atoms with Gasteiger partial charge >= 0.3 is 0 Å². The molecule has 1 aliphatic heterocycles. The van der Waals surface area contributed by atoms with E-state index >= 15 is 0 Å². The van der Waals surface area contributed by atoms with Crippen molar-refractivity contribution in [2.24, 2.45) is 0 Å². The molecule has 0 spiro atoms. The molecule has 4 nitrogen and oxygen atoms in total. The monoisotopic (exact) mass is 405 g/mol. The molecular weight excluding hydrogens is 382 g/mol. The number of aromatic nitrogens is 1. The van der Waals surface area contributed by atoms with E-state index in [1.807, 2.05) is 11.0 Å². The second-order valence-corrected chi connectivity index (χ2v) is 7.75. The first-order valence-electron chi connectivity index (χ1n) is 9.89. The van der Waals surface area contributed by atoms with Crippen molar-refractivity contribution in [1.29, 1.82) is 0 Å². The zero-order valence-corrected chi connectivity index (χ0v) is 17.2. The van der Waals surface area contributed by atoms with Gasteiger partial charge in [-0.25, -0.2) is 4.98 Å². The minimum atomic E-state index is -0.0469. The molecule has 4 rings (SSSR count). The summed E-state index contributed by atoms with van der Waals surface area (Å²) in [5, 5.41) is 0.266. The van der Waals surface area contributed by atoms with E-state index in [0.717, 1.165) is 13.1 Å². The summed E-state index contributed by atoms with van der Waals surface area (Å²) >= 11 is 6.12. The van der Waals surface area contributed by atoms with E-state index in [0.29, 0.717) is 18.7 Å². The molecule has 1 aliphatic rings. The van der Waals surface area contributed by atoms with E-state index in [4.69, 9.17) is 11.6 Å². The number of benzene rings is 2. The first-order valence-corrected chi connectivity index (χ1v) is 10.3. The molecule has 5 heteroatoms. The molecule has 1 saturated heterocycles. The average molecular weight is 406 g/mol. The molecule has 0 unspecified atom stereocenters. The quantitative estimate of drug-likeness (QED) is 0.595. The second kappa shape index (κ2) is 8.76. The number of halogens is 1. The third kappa shape index (κ3) is 4.34. The van der Waals surface area contributed by atoms with Gasteiger partial charge in [0.25, 0.3) is 5.91 Å². The first-order chi connectivity index (χ1) is 14.1. The summed E-state index contributed by atoms with van der Waals surface area (Å²) in [6.07, 6.45) is 1.60. The fourth-order valence-corrected chi connectivity index (χ4v) is 4.10. The van der Waals surface area contributed by atoms with Gasteiger partial charge in [0.15, 0.2) is 0 Å². The SMILES string of the molecule is Cc1ccc([C@@H](c2ccccc2)N2CCN(C(=O)c3cccnc3Cl)CC2)cc1. The van der Waals surface area contributed by atoms with Crippen molar-refractivity contribution in [3.63, 3.8) is 0 Å². The Morgan fingerprint density at radius 2 is 1.55 bits per heavy atom. The number of nitrogens with zero attached hydrogens (tertiary/aromatic N) is 3. The normalized spacial score (nSPS) is 15.9. The molecule has 148 valence electrons. The van der Waals surface area contributed by atoms with Crippen LogP contribution in [0.4, 0.5) is 0 Å². The minimum absolute atomic E-state index is 0.0469. The van der Waals surface area contributed by atoms with Crippen molar-refractivity contribution in [3.05, 3.63) is 100 Å². The second-order valence-electron chi connectivity index (χ2n) is 7.39. The maximum atomic E-state index is 12.9. The Bertz CT molecular complexity index is 967. The summed E-state index contributed by atoms with van der Waals surface area (Å²) in [5.74, 6) is -0.0469. The fraction of sp³-hybridized carbons (Fsp3) is 0.250. The van der Waals surface area contributed by atoms with Crippen LogP contribution < -0.4 is 0 Å². The van der Waals surface area contributed by atoms with Gasteiger partial charge in [0.05, 0.1) is 11.6 Å². The Labute approximate surface area is 176 Å².